The van der Waals surface area contributed by atoms with E-state index < -0.39 is 0 Å². The molecule has 1 aliphatic carbocycles. The number of rotatable bonds is 5. The summed E-state index contributed by atoms with van der Waals surface area (Å²) in [5.41, 5.74) is 0. The van der Waals surface area contributed by atoms with Crippen molar-refractivity contribution in [3.8, 4) is 0 Å². The smallest absolute Gasteiger partial charge is 0.223 e. The number of nitrogens with one attached hydrogen (secondary N) is 1. The van der Waals surface area contributed by atoms with Crippen molar-refractivity contribution in [1.82, 2.24) is 5.32 Å². The van der Waals surface area contributed by atoms with Crippen LogP contribution in [0.4, 0.5) is 0 Å². The van der Waals surface area contributed by atoms with Crippen LogP contribution < -0.4 is 5.32 Å². The molecule has 1 saturated carbocycles. The number of aliphatic hydroxyl groups excluding tert-OH is 1. The lowest BCUT2D eigenvalue weighted by Gasteiger charge is -2.27. The summed E-state index contributed by atoms with van der Waals surface area (Å²) < 4.78 is 0. The molecule has 0 radical (unpaired) electrons. The molecule has 0 aliphatic heterocycles. The van der Waals surface area contributed by atoms with Gasteiger partial charge in [0.25, 0.3) is 0 Å². The summed E-state index contributed by atoms with van der Waals surface area (Å²) in [5, 5.41) is 12.6. The first-order chi connectivity index (χ1) is 9.65. The third-order valence-electron chi connectivity index (χ3n) is 3.73. The predicted molar refractivity (Wildman–Crippen MR) is 82.7 cm³/mol. The Morgan fingerprint density at radius 3 is 2.60 bits per heavy atom. The van der Waals surface area contributed by atoms with E-state index in [4.69, 9.17) is 0 Å². The van der Waals surface area contributed by atoms with Crippen molar-refractivity contribution in [2.45, 2.75) is 49.6 Å². The maximum atomic E-state index is 12.1. The molecule has 4 heteroatoms. The number of benzene rings is 1. The zero-order valence-electron chi connectivity index (χ0n) is 11.9. The van der Waals surface area contributed by atoms with Gasteiger partial charge < -0.3 is 10.4 Å². The number of hydrogen-bond donors (Lipinski definition) is 2. The Hall–Kier alpha value is -1.00. The molecule has 0 saturated heterocycles. The number of carbonyl (C=O) groups is 1. The maximum Gasteiger partial charge on any atom is 0.223 e. The number of hydrogen-bond acceptors (Lipinski definition) is 3. The van der Waals surface area contributed by atoms with Crippen molar-refractivity contribution in [2.24, 2.45) is 5.92 Å². The molecule has 0 bridgehead atoms. The van der Waals surface area contributed by atoms with Gasteiger partial charge in [-0.2, -0.15) is 0 Å². The van der Waals surface area contributed by atoms with E-state index in [-0.39, 0.29) is 24.0 Å². The monoisotopic (exact) mass is 293 g/mol. The molecular weight excluding hydrogens is 270 g/mol. The molecule has 3 nitrogen and oxygen atoms in total. The quantitative estimate of drug-likeness (QED) is 0.821. The van der Waals surface area contributed by atoms with Gasteiger partial charge in [0.2, 0.25) is 5.91 Å². The van der Waals surface area contributed by atoms with Crippen molar-refractivity contribution < 1.29 is 9.90 Å². The molecule has 2 N–H and O–H groups in total. The Morgan fingerprint density at radius 1 is 1.30 bits per heavy atom. The van der Waals surface area contributed by atoms with Crippen molar-refractivity contribution in [3.05, 3.63) is 30.3 Å². The van der Waals surface area contributed by atoms with Gasteiger partial charge in [-0.15, -0.1) is 11.8 Å². The highest BCUT2D eigenvalue weighted by atomic mass is 32.2. The summed E-state index contributed by atoms with van der Waals surface area (Å²) in [6, 6.07) is 10.4. The fraction of sp³-hybridized carbons (Fsp3) is 0.562. The number of aliphatic hydroxyl groups is 1. The second-order valence-electron chi connectivity index (χ2n) is 5.54. The van der Waals surface area contributed by atoms with Crippen LogP contribution in [0.2, 0.25) is 0 Å². The van der Waals surface area contributed by atoms with Gasteiger partial charge in [-0.05, 0) is 37.8 Å². The molecule has 2 rings (SSSR count). The van der Waals surface area contributed by atoms with Gasteiger partial charge in [-0.1, -0.05) is 25.1 Å². The fourth-order valence-electron chi connectivity index (χ4n) is 2.38. The molecule has 0 heterocycles. The standard InChI is InChI=1S/C16H23NO2S/c1-12(11-20-15-5-3-2-4-6-15)16(19)17-13-7-9-14(18)10-8-13/h2-6,12-14,18H,7-11H2,1H3,(H,17,19). The average Bonchev–Trinajstić information content (AvgIpc) is 2.48. The zero-order chi connectivity index (χ0) is 14.4. The molecule has 0 aromatic heterocycles. The molecule has 20 heavy (non-hydrogen) atoms. The molecule has 1 unspecified atom stereocenters. The normalized spacial score (nSPS) is 24.1. The summed E-state index contributed by atoms with van der Waals surface area (Å²) in [7, 11) is 0. The van der Waals surface area contributed by atoms with Gasteiger partial charge in [-0.3, -0.25) is 4.79 Å². The number of thioether (sulfide) groups is 1. The molecular formula is C16H23NO2S. The minimum atomic E-state index is -0.172. The molecule has 1 aliphatic rings. The predicted octanol–water partition coefficient (Wildman–Crippen LogP) is 2.83. The highest BCUT2D eigenvalue weighted by Crippen LogP contribution is 2.22. The zero-order valence-corrected chi connectivity index (χ0v) is 12.7. The first kappa shape index (κ1) is 15.4. The van der Waals surface area contributed by atoms with Gasteiger partial charge in [0.15, 0.2) is 0 Å². The fourth-order valence-corrected chi connectivity index (χ4v) is 3.32. The van der Waals surface area contributed by atoms with E-state index in [0.29, 0.717) is 0 Å². The molecule has 1 amide bonds. The van der Waals surface area contributed by atoms with Crippen molar-refractivity contribution in [3.63, 3.8) is 0 Å². The molecule has 1 aromatic rings. The van der Waals surface area contributed by atoms with Crippen LogP contribution in [0, 0.1) is 5.92 Å². The SMILES string of the molecule is CC(CSc1ccccc1)C(=O)NC1CCC(O)CC1. The minimum absolute atomic E-state index is 0.00653. The summed E-state index contributed by atoms with van der Waals surface area (Å²) in [6.45, 7) is 1.98. The van der Waals surface area contributed by atoms with Crippen molar-refractivity contribution >= 4 is 17.7 Å². The van der Waals surface area contributed by atoms with Crippen LogP contribution in [0.25, 0.3) is 0 Å². The third kappa shape index (κ3) is 4.84. The van der Waals surface area contributed by atoms with Gasteiger partial charge in [0, 0.05) is 22.6 Å². The third-order valence-corrected chi connectivity index (χ3v) is 5.01. The lowest BCUT2D eigenvalue weighted by atomic mass is 9.93. The lowest BCUT2D eigenvalue weighted by Crippen LogP contribution is -2.41. The summed E-state index contributed by atoms with van der Waals surface area (Å²) >= 11 is 1.72. The maximum absolute atomic E-state index is 12.1. The summed E-state index contributed by atoms with van der Waals surface area (Å²) in [4.78, 5) is 13.3. The van der Waals surface area contributed by atoms with Crippen LogP contribution >= 0.6 is 11.8 Å². The van der Waals surface area contributed by atoms with Gasteiger partial charge in [0.1, 0.15) is 0 Å². The van der Waals surface area contributed by atoms with E-state index >= 15 is 0 Å². The summed E-state index contributed by atoms with van der Waals surface area (Å²) in [5.74, 6) is 0.937. The topological polar surface area (TPSA) is 49.3 Å². The molecule has 0 spiro atoms. The average molecular weight is 293 g/mol. The van der Waals surface area contributed by atoms with Crippen molar-refractivity contribution in [2.75, 3.05) is 5.75 Å². The van der Waals surface area contributed by atoms with Crippen LogP contribution in [0.1, 0.15) is 32.6 Å². The highest BCUT2D eigenvalue weighted by molar-refractivity contribution is 7.99. The van der Waals surface area contributed by atoms with E-state index in [1.54, 1.807) is 11.8 Å². The van der Waals surface area contributed by atoms with Gasteiger partial charge >= 0.3 is 0 Å². The molecule has 1 atom stereocenters. The minimum Gasteiger partial charge on any atom is -0.393 e. The van der Waals surface area contributed by atoms with Gasteiger partial charge in [-0.25, -0.2) is 0 Å². The van der Waals surface area contributed by atoms with E-state index in [2.05, 4.69) is 17.4 Å². The first-order valence-corrected chi connectivity index (χ1v) is 8.30. The molecule has 1 aromatic carbocycles. The van der Waals surface area contributed by atoms with Crippen LogP contribution in [-0.2, 0) is 4.79 Å². The lowest BCUT2D eigenvalue weighted by molar-refractivity contribution is -0.124. The largest absolute Gasteiger partial charge is 0.393 e. The molecule has 1 fully saturated rings. The van der Waals surface area contributed by atoms with Crippen LogP contribution in [-0.4, -0.2) is 28.9 Å². The van der Waals surface area contributed by atoms with Crippen LogP contribution in [0.3, 0.4) is 0 Å². The van der Waals surface area contributed by atoms with E-state index in [1.807, 2.05) is 25.1 Å². The van der Waals surface area contributed by atoms with Crippen LogP contribution in [0.15, 0.2) is 35.2 Å². The van der Waals surface area contributed by atoms with E-state index in [0.717, 1.165) is 31.4 Å². The first-order valence-electron chi connectivity index (χ1n) is 7.31. The Bertz CT molecular complexity index is 416. The van der Waals surface area contributed by atoms with Crippen molar-refractivity contribution in [1.29, 1.82) is 0 Å². The second kappa shape index (κ2) is 7.70. The second-order valence-corrected chi connectivity index (χ2v) is 6.63. The Kier molecular flexibility index (Phi) is 5.92. The number of carbonyl (C=O) groups excluding carboxylic acids is 1. The number of amides is 1. The van der Waals surface area contributed by atoms with E-state index in [1.165, 1.54) is 4.90 Å². The van der Waals surface area contributed by atoms with Gasteiger partial charge in [0.05, 0.1) is 6.10 Å². The molecule has 110 valence electrons. The Balaban J connectivity index is 1.72. The van der Waals surface area contributed by atoms with Crippen LogP contribution in [0.5, 0.6) is 0 Å². The summed E-state index contributed by atoms with van der Waals surface area (Å²) in [6.07, 6.45) is 3.22. The Morgan fingerprint density at radius 2 is 1.95 bits per heavy atom. The highest BCUT2D eigenvalue weighted by Gasteiger charge is 2.22. The Labute approximate surface area is 125 Å². The van der Waals surface area contributed by atoms with E-state index in [9.17, 15) is 9.90 Å².